The molecule has 2 atom stereocenters. The molecule has 3 aromatic rings. The van der Waals surface area contributed by atoms with E-state index in [0.29, 0.717) is 12.5 Å². The van der Waals surface area contributed by atoms with Crippen LogP contribution in [0.4, 0.5) is 0 Å². The molecular formula is C25H28N2O. The van der Waals surface area contributed by atoms with Crippen molar-refractivity contribution < 1.29 is 4.79 Å². The Morgan fingerprint density at radius 1 is 1.00 bits per heavy atom. The molecule has 1 aliphatic carbocycles. The third kappa shape index (κ3) is 4.04. The monoisotopic (exact) mass is 372 g/mol. The fraction of sp³-hybridized carbons (Fsp3) is 0.320. The normalized spacial score (nSPS) is 18.2. The van der Waals surface area contributed by atoms with E-state index in [4.69, 9.17) is 0 Å². The predicted molar refractivity (Wildman–Crippen MR) is 113 cm³/mol. The Labute approximate surface area is 167 Å². The van der Waals surface area contributed by atoms with Gasteiger partial charge in [-0.15, -0.1) is 0 Å². The standard InChI is InChI=1S/C25H28N2O/c1-19(2)27(25(28)24-16-23(24)21-12-7-4-8-13-21)18-22-14-9-15-26(22)17-20-10-5-3-6-11-20/h3-15,19,23-24H,16-18H2,1-2H3/t23-,24-/m1/s1. The van der Waals surface area contributed by atoms with Crippen LogP contribution in [0.1, 0.15) is 43.0 Å². The Morgan fingerprint density at radius 3 is 2.36 bits per heavy atom. The number of benzene rings is 2. The highest BCUT2D eigenvalue weighted by atomic mass is 16.2. The summed E-state index contributed by atoms with van der Waals surface area (Å²) in [5.74, 6) is 0.796. The summed E-state index contributed by atoms with van der Waals surface area (Å²) in [6.07, 6.45) is 3.08. The number of hydrogen-bond acceptors (Lipinski definition) is 1. The molecule has 0 aliphatic heterocycles. The average molecular weight is 373 g/mol. The molecule has 1 aliphatic rings. The molecule has 0 bridgehead atoms. The average Bonchev–Trinajstić information content (AvgIpc) is 3.41. The summed E-state index contributed by atoms with van der Waals surface area (Å²) in [7, 11) is 0. The first-order valence-corrected chi connectivity index (χ1v) is 10.2. The van der Waals surface area contributed by atoms with Crippen LogP contribution in [0.3, 0.4) is 0 Å². The maximum Gasteiger partial charge on any atom is 0.226 e. The van der Waals surface area contributed by atoms with Gasteiger partial charge in [-0.1, -0.05) is 60.7 Å². The lowest BCUT2D eigenvalue weighted by molar-refractivity contribution is -0.135. The van der Waals surface area contributed by atoms with Gasteiger partial charge in [0.25, 0.3) is 0 Å². The fourth-order valence-corrected chi connectivity index (χ4v) is 3.97. The van der Waals surface area contributed by atoms with Gasteiger partial charge in [0, 0.05) is 30.4 Å². The lowest BCUT2D eigenvalue weighted by Gasteiger charge is -2.28. The number of hydrogen-bond donors (Lipinski definition) is 0. The maximum absolute atomic E-state index is 13.2. The smallest absolute Gasteiger partial charge is 0.226 e. The van der Waals surface area contributed by atoms with Gasteiger partial charge < -0.3 is 9.47 Å². The van der Waals surface area contributed by atoms with Gasteiger partial charge in [-0.25, -0.2) is 0 Å². The van der Waals surface area contributed by atoms with Gasteiger partial charge in [-0.3, -0.25) is 4.79 Å². The molecule has 1 saturated carbocycles. The van der Waals surface area contributed by atoms with Gasteiger partial charge in [0.1, 0.15) is 0 Å². The summed E-state index contributed by atoms with van der Waals surface area (Å²) in [4.78, 5) is 15.3. The van der Waals surface area contributed by atoms with Gasteiger partial charge in [0.05, 0.1) is 6.54 Å². The zero-order valence-corrected chi connectivity index (χ0v) is 16.7. The van der Waals surface area contributed by atoms with Gasteiger partial charge in [-0.2, -0.15) is 0 Å². The van der Waals surface area contributed by atoms with Crippen LogP contribution < -0.4 is 0 Å². The minimum Gasteiger partial charge on any atom is -0.345 e. The summed E-state index contributed by atoms with van der Waals surface area (Å²) in [5, 5.41) is 0. The largest absolute Gasteiger partial charge is 0.345 e. The van der Waals surface area contributed by atoms with E-state index in [1.807, 2.05) is 17.0 Å². The van der Waals surface area contributed by atoms with Crippen LogP contribution in [0, 0.1) is 5.92 Å². The Kier molecular flexibility index (Phi) is 5.34. The number of aromatic nitrogens is 1. The molecule has 1 amide bonds. The van der Waals surface area contributed by atoms with Gasteiger partial charge in [-0.05, 0) is 49.4 Å². The molecule has 1 aromatic heterocycles. The zero-order chi connectivity index (χ0) is 19.5. The van der Waals surface area contributed by atoms with E-state index in [1.165, 1.54) is 16.8 Å². The summed E-state index contributed by atoms with van der Waals surface area (Å²) in [6.45, 7) is 5.72. The van der Waals surface area contributed by atoms with Gasteiger partial charge in [0.15, 0.2) is 0 Å². The molecule has 1 fully saturated rings. The van der Waals surface area contributed by atoms with Crippen molar-refractivity contribution in [2.75, 3.05) is 0 Å². The Balaban J connectivity index is 1.47. The van der Waals surface area contributed by atoms with Crippen LogP contribution in [0.15, 0.2) is 79.0 Å². The highest BCUT2D eigenvalue weighted by Gasteiger charge is 2.46. The van der Waals surface area contributed by atoms with Crippen molar-refractivity contribution in [2.45, 2.75) is 45.3 Å². The van der Waals surface area contributed by atoms with E-state index < -0.39 is 0 Å². The first-order valence-electron chi connectivity index (χ1n) is 10.2. The number of nitrogens with zero attached hydrogens (tertiary/aromatic N) is 2. The summed E-state index contributed by atoms with van der Waals surface area (Å²) >= 11 is 0. The van der Waals surface area contributed by atoms with E-state index in [9.17, 15) is 4.79 Å². The highest BCUT2D eigenvalue weighted by molar-refractivity contribution is 5.83. The number of carbonyl (C=O) groups is 1. The van der Waals surface area contributed by atoms with Crippen molar-refractivity contribution in [1.29, 1.82) is 0 Å². The Hall–Kier alpha value is -2.81. The number of carbonyl (C=O) groups excluding carboxylic acids is 1. The SMILES string of the molecule is CC(C)N(Cc1cccn1Cc1ccccc1)C(=O)[C@@H]1C[C@@H]1c1ccccc1. The molecule has 0 N–H and O–H groups in total. The lowest BCUT2D eigenvalue weighted by atomic mass is 10.1. The molecule has 2 aromatic carbocycles. The van der Waals surface area contributed by atoms with Crippen molar-refractivity contribution >= 4 is 5.91 Å². The van der Waals surface area contributed by atoms with Crippen molar-refractivity contribution in [3.05, 3.63) is 95.8 Å². The quantitative estimate of drug-likeness (QED) is 0.568. The third-order valence-electron chi connectivity index (χ3n) is 5.69. The minimum atomic E-state index is 0.127. The molecule has 0 saturated heterocycles. The number of rotatable bonds is 7. The number of amides is 1. The van der Waals surface area contributed by atoms with E-state index in [1.54, 1.807) is 0 Å². The van der Waals surface area contributed by atoms with Crippen LogP contribution >= 0.6 is 0 Å². The van der Waals surface area contributed by atoms with Crippen molar-refractivity contribution in [1.82, 2.24) is 9.47 Å². The van der Waals surface area contributed by atoms with Crippen LogP contribution in [0.25, 0.3) is 0 Å². The van der Waals surface area contributed by atoms with Gasteiger partial charge in [0.2, 0.25) is 5.91 Å². The van der Waals surface area contributed by atoms with Crippen molar-refractivity contribution in [3.63, 3.8) is 0 Å². The summed E-state index contributed by atoms with van der Waals surface area (Å²) < 4.78 is 2.25. The molecule has 3 nitrogen and oxygen atoms in total. The maximum atomic E-state index is 13.2. The van der Waals surface area contributed by atoms with Crippen LogP contribution in [0.5, 0.6) is 0 Å². The first kappa shape index (κ1) is 18.5. The molecule has 4 rings (SSSR count). The summed E-state index contributed by atoms with van der Waals surface area (Å²) in [5.41, 5.74) is 3.74. The van der Waals surface area contributed by atoms with E-state index in [0.717, 1.165) is 13.0 Å². The minimum absolute atomic E-state index is 0.127. The second kappa shape index (κ2) is 8.05. The molecule has 3 heteroatoms. The zero-order valence-electron chi connectivity index (χ0n) is 16.7. The molecule has 28 heavy (non-hydrogen) atoms. The molecule has 144 valence electrons. The summed E-state index contributed by atoms with van der Waals surface area (Å²) in [6, 6.07) is 25.3. The second-order valence-corrected chi connectivity index (χ2v) is 8.03. The predicted octanol–water partition coefficient (Wildman–Crippen LogP) is 5.08. The van der Waals surface area contributed by atoms with E-state index in [-0.39, 0.29) is 17.9 Å². The van der Waals surface area contributed by atoms with Crippen molar-refractivity contribution in [2.24, 2.45) is 5.92 Å². The molecule has 0 radical (unpaired) electrons. The van der Waals surface area contributed by atoms with E-state index in [2.05, 4.69) is 85.3 Å². The van der Waals surface area contributed by atoms with Crippen LogP contribution in [-0.2, 0) is 17.9 Å². The fourth-order valence-electron chi connectivity index (χ4n) is 3.97. The van der Waals surface area contributed by atoms with Crippen LogP contribution in [-0.4, -0.2) is 21.4 Å². The molecule has 0 spiro atoms. The topological polar surface area (TPSA) is 25.2 Å². The highest BCUT2D eigenvalue weighted by Crippen LogP contribution is 2.48. The molecule has 1 heterocycles. The van der Waals surface area contributed by atoms with E-state index >= 15 is 0 Å². The Morgan fingerprint density at radius 2 is 1.68 bits per heavy atom. The van der Waals surface area contributed by atoms with Gasteiger partial charge >= 0.3 is 0 Å². The lowest BCUT2D eigenvalue weighted by Crippen LogP contribution is -2.38. The second-order valence-electron chi connectivity index (χ2n) is 8.03. The first-order chi connectivity index (χ1) is 13.6. The Bertz CT molecular complexity index is 914. The van der Waals surface area contributed by atoms with Crippen LogP contribution in [0.2, 0.25) is 0 Å². The molecular weight excluding hydrogens is 344 g/mol. The molecule has 0 unspecified atom stereocenters. The van der Waals surface area contributed by atoms with Crippen molar-refractivity contribution in [3.8, 4) is 0 Å². The third-order valence-corrected chi connectivity index (χ3v) is 5.69.